The molecule has 2 fully saturated rings. The minimum Gasteiger partial charge on any atom is -0.342 e. The van der Waals surface area contributed by atoms with Gasteiger partial charge in [0, 0.05) is 31.1 Å². The molecular formula is C31H29N3O. The molecule has 0 N–H and O–H groups in total. The Kier molecular flexibility index (Phi) is 4.86. The summed E-state index contributed by atoms with van der Waals surface area (Å²) in [6, 6.07) is 24.0. The Morgan fingerprint density at radius 3 is 2.57 bits per heavy atom. The molecule has 2 aliphatic carbocycles. The molecule has 0 unspecified atom stereocenters. The highest BCUT2D eigenvalue weighted by Gasteiger charge is 2.36. The van der Waals surface area contributed by atoms with E-state index in [0.717, 1.165) is 62.2 Å². The Labute approximate surface area is 205 Å². The molecule has 0 radical (unpaired) electrons. The van der Waals surface area contributed by atoms with E-state index >= 15 is 0 Å². The van der Waals surface area contributed by atoms with Crippen LogP contribution in [0.1, 0.15) is 30.4 Å². The molecule has 0 bridgehead atoms. The summed E-state index contributed by atoms with van der Waals surface area (Å²) < 4.78 is 2.38. The van der Waals surface area contributed by atoms with Gasteiger partial charge in [0.05, 0.1) is 11.0 Å². The van der Waals surface area contributed by atoms with Crippen molar-refractivity contribution in [2.45, 2.75) is 32.2 Å². The number of allylic oxidation sites excluding steroid dienone is 1. The van der Waals surface area contributed by atoms with Crippen LogP contribution in [0, 0.1) is 11.8 Å². The van der Waals surface area contributed by atoms with Gasteiger partial charge < -0.3 is 9.47 Å². The lowest BCUT2D eigenvalue weighted by Gasteiger charge is -2.18. The lowest BCUT2D eigenvalue weighted by atomic mass is 9.99. The van der Waals surface area contributed by atoms with Crippen molar-refractivity contribution in [3.8, 4) is 22.5 Å². The molecule has 4 aromatic rings. The second-order valence-electron chi connectivity index (χ2n) is 10.3. The van der Waals surface area contributed by atoms with Crippen molar-refractivity contribution in [3.63, 3.8) is 0 Å². The molecule has 1 aliphatic heterocycles. The van der Waals surface area contributed by atoms with Crippen LogP contribution in [0.5, 0.6) is 0 Å². The fraction of sp³-hybridized carbons (Fsp3) is 0.290. The van der Waals surface area contributed by atoms with Crippen LogP contribution in [0.2, 0.25) is 0 Å². The van der Waals surface area contributed by atoms with Gasteiger partial charge in [-0.1, -0.05) is 66.7 Å². The maximum absolute atomic E-state index is 12.6. The van der Waals surface area contributed by atoms with Crippen LogP contribution in [0.4, 0.5) is 0 Å². The van der Waals surface area contributed by atoms with Gasteiger partial charge in [0.2, 0.25) is 5.91 Å². The van der Waals surface area contributed by atoms with E-state index in [1.807, 2.05) is 0 Å². The first-order chi connectivity index (χ1) is 17.2. The predicted octanol–water partition coefficient (Wildman–Crippen LogP) is 6.20. The number of benzene rings is 3. The van der Waals surface area contributed by atoms with E-state index in [-0.39, 0.29) is 0 Å². The van der Waals surface area contributed by atoms with E-state index in [1.54, 1.807) is 0 Å². The third-order valence-electron chi connectivity index (χ3n) is 7.87. The minimum atomic E-state index is 0.304. The quantitative estimate of drug-likeness (QED) is 0.356. The Hall–Kier alpha value is -3.66. The molecule has 7 rings (SSSR count). The zero-order valence-electron chi connectivity index (χ0n) is 19.9. The number of carbonyl (C=O) groups excluding carboxylic acids is 1. The van der Waals surface area contributed by atoms with Crippen molar-refractivity contribution >= 4 is 23.0 Å². The van der Waals surface area contributed by atoms with Crippen molar-refractivity contribution in [2.75, 3.05) is 13.1 Å². The number of imidazole rings is 1. The predicted molar refractivity (Wildman–Crippen MR) is 141 cm³/mol. The van der Waals surface area contributed by atoms with Crippen molar-refractivity contribution in [2.24, 2.45) is 11.8 Å². The highest BCUT2D eigenvalue weighted by Crippen LogP contribution is 2.34. The maximum Gasteiger partial charge on any atom is 0.225 e. The van der Waals surface area contributed by atoms with Crippen LogP contribution >= 0.6 is 0 Å². The molecule has 3 aliphatic rings. The second-order valence-corrected chi connectivity index (χ2v) is 10.3. The largest absolute Gasteiger partial charge is 0.342 e. The van der Waals surface area contributed by atoms with Crippen molar-refractivity contribution in [1.82, 2.24) is 14.5 Å². The van der Waals surface area contributed by atoms with Crippen molar-refractivity contribution < 1.29 is 4.79 Å². The first kappa shape index (κ1) is 20.7. The molecule has 2 heterocycles. The number of fused-ring (bicyclic) bond motifs is 2. The average Bonchev–Trinajstić information content (AvgIpc) is 3.30. The molecule has 1 saturated carbocycles. The van der Waals surface area contributed by atoms with E-state index < -0.39 is 0 Å². The van der Waals surface area contributed by atoms with Crippen LogP contribution < -0.4 is 0 Å². The van der Waals surface area contributed by atoms with Crippen LogP contribution in [0.3, 0.4) is 0 Å². The number of likely N-dealkylation sites (tertiary alicyclic amines) is 1. The minimum absolute atomic E-state index is 0.304. The lowest BCUT2D eigenvalue weighted by Crippen LogP contribution is -2.30. The Balaban J connectivity index is 1.18. The fourth-order valence-electron chi connectivity index (χ4n) is 5.76. The highest BCUT2D eigenvalue weighted by atomic mass is 16.2. The maximum atomic E-state index is 12.6. The Morgan fingerprint density at radius 2 is 1.71 bits per heavy atom. The SMILES string of the molecule is O=C(C1CC1)N1CC[C@@H](Cn2c(-c3ccc(-c4ccc5c(c4)CC=C5)cc3)nc3ccccc32)C1. The Morgan fingerprint density at radius 1 is 0.914 bits per heavy atom. The van der Waals surface area contributed by atoms with Crippen molar-refractivity contribution in [3.05, 3.63) is 83.9 Å². The standard InChI is InChI=1S/C31H29N3O/c35-31(25-13-14-25)33-17-16-21(19-33)20-34-29-7-2-1-6-28(29)32-30(34)24-11-8-23(9-12-24)27-15-10-22-4-3-5-26(22)18-27/h1-4,6-12,15,18,21,25H,5,13-14,16-17,19-20H2/t21-/m1/s1. The van der Waals surface area contributed by atoms with Gasteiger partial charge >= 0.3 is 0 Å². The first-order valence-electron chi connectivity index (χ1n) is 12.9. The molecule has 174 valence electrons. The van der Waals surface area contributed by atoms with Gasteiger partial charge in [0.15, 0.2) is 0 Å². The number of carbonyl (C=O) groups is 1. The van der Waals surface area contributed by atoms with Crippen LogP contribution in [0.15, 0.2) is 72.8 Å². The molecule has 0 spiro atoms. The van der Waals surface area contributed by atoms with E-state index in [4.69, 9.17) is 4.98 Å². The van der Waals surface area contributed by atoms with Gasteiger partial charge in [-0.05, 0) is 66.0 Å². The summed E-state index contributed by atoms with van der Waals surface area (Å²) in [5.74, 6) is 2.16. The molecule has 1 aromatic heterocycles. The zero-order chi connectivity index (χ0) is 23.4. The van der Waals surface area contributed by atoms with Gasteiger partial charge in [-0.25, -0.2) is 4.98 Å². The summed E-state index contributed by atoms with van der Waals surface area (Å²) in [6.07, 6.45) is 8.68. The second kappa shape index (κ2) is 8.23. The van der Waals surface area contributed by atoms with Crippen LogP contribution in [-0.4, -0.2) is 33.4 Å². The topological polar surface area (TPSA) is 38.1 Å². The normalized spacial score (nSPS) is 19.0. The van der Waals surface area contributed by atoms with Gasteiger partial charge in [-0.2, -0.15) is 0 Å². The molecular weight excluding hydrogens is 430 g/mol. The number of amides is 1. The molecule has 1 atom stereocenters. The van der Waals surface area contributed by atoms with Crippen molar-refractivity contribution in [1.29, 1.82) is 0 Å². The number of rotatable bonds is 5. The van der Waals surface area contributed by atoms with E-state index in [0.29, 0.717) is 17.7 Å². The summed E-state index contributed by atoms with van der Waals surface area (Å²) >= 11 is 0. The van der Waals surface area contributed by atoms with Gasteiger partial charge in [-0.3, -0.25) is 4.79 Å². The molecule has 4 heteroatoms. The molecule has 35 heavy (non-hydrogen) atoms. The summed E-state index contributed by atoms with van der Waals surface area (Å²) in [4.78, 5) is 19.7. The number of hydrogen-bond donors (Lipinski definition) is 0. The third-order valence-corrected chi connectivity index (χ3v) is 7.87. The summed E-state index contributed by atoms with van der Waals surface area (Å²) in [7, 11) is 0. The monoisotopic (exact) mass is 459 g/mol. The molecule has 3 aromatic carbocycles. The zero-order valence-corrected chi connectivity index (χ0v) is 19.9. The van der Waals surface area contributed by atoms with E-state index in [2.05, 4.69) is 88.3 Å². The van der Waals surface area contributed by atoms with Gasteiger partial charge in [0.1, 0.15) is 5.82 Å². The lowest BCUT2D eigenvalue weighted by molar-refractivity contribution is -0.131. The number of hydrogen-bond acceptors (Lipinski definition) is 2. The van der Waals surface area contributed by atoms with E-state index in [1.165, 1.54) is 27.8 Å². The third kappa shape index (κ3) is 3.78. The molecule has 1 amide bonds. The van der Waals surface area contributed by atoms with Gasteiger partial charge in [-0.15, -0.1) is 0 Å². The fourth-order valence-corrected chi connectivity index (χ4v) is 5.76. The smallest absolute Gasteiger partial charge is 0.225 e. The highest BCUT2D eigenvalue weighted by molar-refractivity contribution is 5.82. The first-order valence-corrected chi connectivity index (χ1v) is 12.9. The number of aromatic nitrogens is 2. The van der Waals surface area contributed by atoms with Crippen LogP contribution in [0.25, 0.3) is 39.6 Å². The molecule has 4 nitrogen and oxygen atoms in total. The number of para-hydroxylation sites is 2. The van der Waals surface area contributed by atoms with Crippen LogP contribution in [-0.2, 0) is 17.8 Å². The molecule has 1 saturated heterocycles. The summed E-state index contributed by atoms with van der Waals surface area (Å²) in [5.41, 5.74) is 8.57. The number of nitrogens with zero attached hydrogens (tertiary/aromatic N) is 3. The summed E-state index contributed by atoms with van der Waals surface area (Å²) in [6.45, 7) is 2.66. The average molecular weight is 460 g/mol. The van der Waals surface area contributed by atoms with E-state index in [9.17, 15) is 4.79 Å². The Bertz CT molecular complexity index is 1460. The summed E-state index contributed by atoms with van der Waals surface area (Å²) in [5, 5.41) is 0. The van der Waals surface area contributed by atoms with Gasteiger partial charge in [0.25, 0.3) is 0 Å².